The summed E-state index contributed by atoms with van der Waals surface area (Å²) in [7, 11) is 0. The molecule has 1 aromatic carbocycles. The number of halogens is 5. The van der Waals surface area contributed by atoms with Crippen LogP contribution in [0.2, 0.25) is 0 Å². The Bertz CT molecular complexity index is 451. The van der Waals surface area contributed by atoms with E-state index >= 15 is 0 Å². The molecule has 1 rings (SSSR count). The number of rotatable bonds is 5. The largest absolute Gasteiger partial charge is 0.405 e. The van der Waals surface area contributed by atoms with Crippen LogP contribution in [0.1, 0.15) is 5.56 Å². The molecule has 0 atom stereocenters. The highest BCUT2D eigenvalue weighted by atomic mass is 79.9. The summed E-state index contributed by atoms with van der Waals surface area (Å²) in [6, 6.07) is 4.05. The van der Waals surface area contributed by atoms with Gasteiger partial charge in [-0.2, -0.15) is 13.2 Å². The number of benzene rings is 1. The Morgan fingerprint density at radius 2 is 2.00 bits per heavy atom. The van der Waals surface area contributed by atoms with Gasteiger partial charge in [0, 0.05) is 11.0 Å². The summed E-state index contributed by atoms with van der Waals surface area (Å²) in [5.74, 6) is -1.20. The van der Waals surface area contributed by atoms with E-state index in [1.807, 2.05) is 0 Å². The zero-order valence-corrected chi connectivity index (χ0v) is 11.2. The van der Waals surface area contributed by atoms with E-state index in [-0.39, 0.29) is 13.1 Å². The van der Waals surface area contributed by atoms with Crippen LogP contribution in [-0.2, 0) is 11.3 Å². The summed E-state index contributed by atoms with van der Waals surface area (Å²) in [5, 5.41) is 4.35. The van der Waals surface area contributed by atoms with Crippen molar-refractivity contribution in [2.75, 3.05) is 13.1 Å². The minimum Gasteiger partial charge on any atom is -0.346 e. The van der Waals surface area contributed by atoms with E-state index in [0.29, 0.717) is 10.0 Å². The van der Waals surface area contributed by atoms with E-state index in [0.717, 1.165) is 0 Å². The zero-order valence-electron chi connectivity index (χ0n) is 9.65. The molecule has 0 aromatic heterocycles. The minimum absolute atomic E-state index is 0.164. The first-order chi connectivity index (χ1) is 8.78. The number of carbonyl (C=O) groups excluding carboxylic acids is 1. The lowest BCUT2D eigenvalue weighted by atomic mass is 10.2. The fourth-order valence-electron chi connectivity index (χ4n) is 1.25. The molecule has 0 aliphatic rings. The Morgan fingerprint density at radius 1 is 1.32 bits per heavy atom. The predicted octanol–water partition coefficient (Wildman–Crippen LogP) is 2.36. The van der Waals surface area contributed by atoms with Crippen molar-refractivity contribution in [2.45, 2.75) is 12.7 Å². The molecule has 0 saturated heterocycles. The molecule has 2 N–H and O–H groups in total. The fraction of sp³-hybridized carbons (Fsp3) is 0.364. The number of carbonyl (C=O) groups is 1. The summed E-state index contributed by atoms with van der Waals surface area (Å²) in [6.45, 7) is -1.48. The van der Waals surface area contributed by atoms with E-state index in [9.17, 15) is 22.4 Å². The molecule has 0 unspecified atom stereocenters. The van der Waals surface area contributed by atoms with E-state index in [4.69, 9.17) is 0 Å². The highest BCUT2D eigenvalue weighted by Gasteiger charge is 2.27. The monoisotopic (exact) mass is 342 g/mol. The van der Waals surface area contributed by atoms with Gasteiger partial charge in [0.1, 0.15) is 12.4 Å². The average molecular weight is 343 g/mol. The molecule has 1 amide bonds. The Kier molecular flexibility index (Phi) is 5.74. The second kappa shape index (κ2) is 6.85. The lowest BCUT2D eigenvalue weighted by Crippen LogP contribution is -2.39. The summed E-state index contributed by atoms with van der Waals surface area (Å²) in [6.07, 6.45) is -4.43. The normalized spacial score (nSPS) is 11.4. The van der Waals surface area contributed by atoms with Crippen LogP contribution in [0.25, 0.3) is 0 Å². The first-order valence-corrected chi connectivity index (χ1v) is 6.05. The highest BCUT2D eigenvalue weighted by Crippen LogP contribution is 2.17. The molecule has 3 nitrogen and oxygen atoms in total. The number of nitrogens with one attached hydrogen (secondary N) is 2. The molecule has 19 heavy (non-hydrogen) atoms. The molecule has 0 aliphatic carbocycles. The molecular formula is C11H11BrF4N2O. The van der Waals surface area contributed by atoms with Gasteiger partial charge in [-0.05, 0) is 23.8 Å². The van der Waals surface area contributed by atoms with Crippen LogP contribution in [0.3, 0.4) is 0 Å². The number of alkyl halides is 3. The van der Waals surface area contributed by atoms with Crippen LogP contribution in [0.5, 0.6) is 0 Å². The summed E-state index contributed by atoms with van der Waals surface area (Å²) in [4.78, 5) is 11.1. The molecule has 0 heterocycles. The fourth-order valence-corrected chi connectivity index (χ4v) is 1.64. The van der Waals surface area contributed by atoms with Gasteiger partial charge in [-0.25, -0.2) is 4.39 Å². The first-order valence-electron chi connectivity index (χ1n) is 5.26. The van der Waals surface area contributed by atoms with Crippen LogP contribution in [-0.4, -0.2) is 25.2 Å². The third-order valence-corrected chi connectivity index (χ3v) is 2.87. The van der Waals surface area contributed by atoms with Gasteiger partial charge in [-0.1, -0.05) is 15.9 Å². The summed E-state index contributed by atoms with van der Waals surface area (Å²) in [5.41, 5.74) is 0.573. The Hall–Kier alpha value is -1.15. The van der Waals surface area contributed by atoms with Gasteiger partial charge in [-0.3, -0.25) is 4.79 Å². The molecule has 0 bridgehead atoms. The van der Waals surface area contributed by atoms with Crippen molar-refractivity contribution in [1.82, 2.24) is 10.6 Å². The molecule has 0 saturated carbocycles. The van der Waals surface area contributed by atoms with Crippen molar-refractivity contribution in [2.24, 2.45) is 0 Å². The lowest BCUT2D eigenvalue weighted by molar-refractivity contribution is -0.137. The van der Waals surface area contributed by atoms with Crippen molar-refractivity contribution in [3.8, 4) is 0 Å². The first kappa shape index (κ1) is 15.9. The molecule has 1 aromatic rings. The standard InChI is InChI=1S/C11H11BrF4N2O/c12-9-2-1-8(13)3-7(9)4-17-5-10(19)18-6-11(14,15)16/h1-3,17H,4-6H2,(H,18,19). The van der Waals surface area contributed by atoms with Gasteiger partial charge in [0.2, 0.25) is 5.91 Å². The van der Waals surface area contributed by atoms with Gasteiger partial charge in [0.05, 0.1) is 6.54 Å². The number of hydrogen-bond acceptors (Lipinski definition) is 2. The van der Waals surface area contributed by atoms with Crippen molar-refractivity contribution in [1.29, 1.82) is 0 Å². The molecule has 0 fully saturated rings. The van der Waals surface area contributed by atoms with Crippen molar-refractivity contribution in [3.63, 3.8) is 0 Å². The molecule has 8 heteroatoms. The topological polar surface area (TPSA) is 41.1 Å². The molecular weight excluding hydrogens is 332 g/mol. The number of amides is 1. The van der Waals surface area contributed by atoms with Gasteiger partial charge in [-0.15, -0.1) is 0 Å². The Labute approximate surface area is 115 Å². The van der Waals surface area contributed by atoms with Crippen molar-refractivity contribution in [3.05, 3.63) is 34.1 Å². The minimum atomic E-state index is -4.43. The summed E-state index contributed by atoms with van der Waals surface area (Å²) >= 11 is 3.20. The highest BCUT2D eigenvalue weighted by molar-refractivity contribution is 9.10. The second-order valence-electron chi connectivity index (χ2n) is 3.73. The Balaban J connectivity index is 2.34. The molecule has 0 aliphatic heterocycles. The van der Waals surface area contributed by atoms with Crippen LogP contribution < -0.4 is 10.6 Å². The second-order valence-corrected chi connectivity index (χ2v) is 4.59. The van der Waals surface area contributed by atoms with Crippen LogP contribution in [0.4, 0.5) is 17.6 Å². The van der Waals surface area contributed by atoms with Crippen LogP contribution >= 0.6 is 15.9 Å². The van der Waals surface area contributed by atoms with Crippen LogP contribution in [0, 0.1) is 5.82 Å². The smallest absolute Gasteiger partial charge is 0.346 e. The predicted molar refractivity (Wildman–Crippen MR) is 64.9 cm³/mol. The molecule has 0 radical (unpaired) electrons. The SMILES string of the molecule is O=C(CNCc1cc(F)ccc1Br)NCC(F)(F)F. The molecule has 106 valence electrons. The van der Waals surface area contributed by atoms with Crippen LogP contribution in [0.15, 0.2) is 22.7 Å². The van der Waals surface area contributed by atoms with E-state index in [2.05, 4.69) is 21.2 Å². The van der Waals surface area contributed by atoms with Crippen molar-refractivity contribution >= 4 is 21.8 Å². The summed E-state index contributed by atoms with van der Waals surface area (Å²) < 4.78 is 49.0. The van der Waals surface area contributed by atoms with Crippen molar-refractivity contribution < 1.29 is 22.4 Å². The molecule has 0 spiro atoms. The zero-order chi connectivity index (χ0) is 14.5. The van der Waals surface area contributed by atoms with Gasteiger partial charge in [0.15, 0.2) is 0 Å². The van der Waals surface area contributed by atoms with E-state index in [1.54, 1.807) is 5.32 Å². The average Bonchev–Trinajstić information content (AvgIpc) is 2.30. The Morgan fingerprint density at radius 3 is 2.63 bits per heavy atom. The maximum atomic E-state index is 12.9. The van der Waals surface area contributed by atoms with Gasteiger partial charge in [0.25, 0.3) is 0 Å². The third-order valence-electron chi connectivity index (χ3n) is 2.09. The van der Waals surface area contributed by atoms with E-state index in [1.165, 1.54) is 18.2 Å². The number of hydrogen-bond donors (Lipinski definition) is 2. The van der Waals surface area contributed by atoms with E-state index < -0.39 is 24.4 Å². The van der Waals surface area contributed by atoms with Gasteiger partial charge < -0.3 is 10.6 Å². The third kappa shape index (κ3) is 6.53. The maximum Gasteiger partial charge on any atom is 0.405 e. The maximum absolute atomic E-state index is 12.9. The lowest BCUT2D eigenvalue weighted by Gasteiger charge is -2.09. The van der Waals surface area contributed by atoms with Gasteiger partial charge >= 0.3 is 6.18 Å². The quantitative estimate of drug-likeness (QED) is 0.806.